The molecule has 2 aromatic rings. The molecule has 1 heterocycles. The van der Waals surface area contributed by atoms with Gasteiger partial charge in [0.1, 0.15) is 0 Å². The lowest BCUT2D eigenvalue weighted by Gasteiger charge is -2.45. The van der Waals surface area contributed by atoms with Crippen molar-refractivity contribution in [2.24, 2.45) is 0 Å². The summed E-state index contributed by atoms with van der Waals surface area (Å²) in [5.74, 6) is -4.61. The van der Waals surface area contributed by atoms with Gasteiger partial charge >= 0.3 is 24.1 Å². The van der Waals surface area contributed by atoms with Gasteiger partial charge in [0.15, 0.2) is 5.60 Å². The SMILES string of the molecule is CCCCC1(N(C)C)CCC(c2[nH]c3ccc(C(F)(F)F)cc3c2C)CC1.O=C(O)CC(O)(CC(=O)O)C(=O)O. The summed E-state index contributed by atoms with van der Waals surface area (Å²) < 4.78 is 39.2. The number of aryl methyl sites for hydroxylation is 1. The summed E-state index contributed by atoms with van der Waals surface area (Å²) in [5.41, 5.74) is -0.114. The molecule has 9 nitrogen and oxygen atoms in total. The Hall–Kier alpha value is -3.12. The summed E-state index contributed by atoms with van der Waals surface area (Å²) in [5, 5.41) is 34.5. The van der Waals surface area contributed by atoms with Crippen molar-refractivity contribution in [3.63, 3.8) is 0 Å². The maximum atomic E-state index is 13.1. The summed E-state index contributed by atoms with van der Waals surface area (Å²) in [6.07, 6.45) is 1.56. The first-order chi connectivity index (χ1) is 18.5. The third kappa shape index (κ3) is 7.97. The fraction of sp³-hybridized carbons (Fsp3) is 0.607. The molecule has 0 amide bonds. The van der Waals surface area contributed by atoms with Crippen LogP contribution in [0.4, 0.5) is 13.2 Å². The van der Waals surface area contributed by atoms with Crippen LogP contribution in [0.2, 0.25) is 0 Å². The number of nitrogens with one attached hydrogen (secondary N) is 1. The molecule has 40 heavy (non-hydrogen) atoms. The highest BCUT2D eigenvalue weighted by Crippen LogP contribution is 2.44. The van der Waals surface area contributed by atoms with Crippen LogP contribution in [-0.4, -0.2) is 73.5 Å². The number of rotatable bonds is 10. The molecule has 1 aromatic heterocycles. The molecule has 3 rings (SSSR count). The van der Waals surface area contributed by atoms with Gasteiger partial charge in [0.2, 0.25) is 0 Å². The van der Waals surface area contributed by atoms with E-state index >= 15 is 0 Å². The van der Waals surface area contributed by atoms with E-state index in [1.807, 2.05) is 6.92 Å². The number of fused-ring (bicyclic) bond motifs is 1. The lowest BCUT2D eigenvalue weighted by atomic mass is 9.72. The van der Waals surface area contributed by atoms with Gasteiger partial charge in [0, 0.05) is 22.1 Å². The number of H-pyrrole nitrogens is 1. The van der Waals surface area contributed by atoms with Gasteiger partial charge in [0.05, 0.1) is 18.4 Å². The van der Waals surface area contributed by atoms with Crippen LogP contribution in [0, 0.1) is 6.92 Å². The average molecular weight is 573 g/mol. The minimum absolute atomic E-state index is 0.274. The Morgan fingerprint density at radius 2 is 1.60 bits per heavy atom. The number of carbonyl (C=O) groups is 3. The van der Waals surface area contributed by atoms with E-state index in [1.165, 1.54) is 31.4 Å². The molecule has 0 radical (unpaired) electrons. The van der Waals surface area contributed by atoms with Crippen LogP contribution in [0.1, 0.15) is 87.4 Å². The van der Waals surface area contributed by atoms with Crippen molar-refractivity contribution in [1.82, 2.24) is 9.88 Å². The third-order valence-corrected chi connectivity index (χ3v) is 7.98. The van der Waals surface area contributed by atoms with E-state index in [2.05, 4.69) is 30.9 Å². The van der Waals surface area contributed by atoms with Gasteiger partial charge in [-0.15, -0.1) is 0 Å². The maximum Gasteiger partial charge on any atom is 0.416 e. The van der Waals surface area contributed by atoms with Crippen molar-refractivity contribution in [3.8, 4) is 0 Å². The van der Waals surface area contributed by atoms with Gasteiger partial charge in [-0.2, -0.15) is 13.2 Å². The van der Waals surface area contributed by atoms with Gasteiger partial charge in [-0.25, -0.2) is 4.79 Å². The number of alkyl halides is 3. The number of carboxylic acids is 3. The zero-order valence-electron chi connectivity index (χ0n) is 23.3. The number of halogens is 3. The van der Waals surface area contributed by atoms with Gasteiger partial charge in [-0.1, -0.05) is 19.8 Å². The van der Waals surface area contributed by atoms with E-state index in [0.717, 1.165) is 42.5 Å². The van der Waals surface area contributed by atoms with Crippen LogP contribution in [-0.2, 0) is 20.6 Å². The summed E-state index contributed by atoms with van der Waals surface area (Å²) in [7, 11) is 4.37. The van der Waals surface area contributed by atoms with E-state index in [4.69, 9.17) is 20.4 Å². The molecular formula is C28H39F3N2O7. The molecule has 12 heteroatoms. The average Bonchev–Trinajstić information content (AvgIpc) is 3.17. The molecular weight excluding hydrogens is 533 g/mol. The zero-order valence-corrected chi connectivity index (χ0v) is 23.3. The van der Waals surface area contributed by atoms with Crippen molar-refractivity contribution >= 4 is 28.8 Å². The number of benzene rings is 1. The van der Waals surface area contributed by atoms with E-state index in [0.29, 0.717) is 11.3 Å². The molecule has 0 bridgehead atoms. The lowest BCUT2D eigenvalue weighted by molar-refractivity contribution is -0.170. The number of hydrogen-bond acceptors (Lipinski definition) is 5. The van der Waals surface area contributed by atoms with Crippen molar-refractivity contribution in [2.75, 3.05) is 14.1 Å². The lowest BCUT2D eigenvalue weighted by Crippen LogP contribution is -2.46. The van der Waals surface area contributed by atoms with Crippen molar-refractivity contribution < 1.29 is 48.0 Å². The number of aromatic amines is 1. The quantitative estimate of drug-likeness (QED) is 0.254. The van der Waals surface area contributed by atoms with Gasteiger partial charge in [-0.3, -0.25) is 9.59 Å². The first kappa shape index (κ1) is 33.1. The normalized spacial score (nSPS) is 19.8. The van der Waals surface area contributed by atoms with Gasteiger partial charge in [0.25, 0.3) is 0 Å². The Labute approximate surface area is 231 Å². The summed E-state index contributed by atoms with van der Waals surface area (Å²) in [4.78, 5) is 36.3. The topological polar surface area (TPSA) is 151 Å². The summed E-state index contributed by atoms with van der Waals surface area (Å²) in [6.45, 7) is 4.19. The number of unbranched alkanes of at least 4 members (excludes halogenated alkanes) is 1. The highest BCUT2D eigenvalue weighted by Gasteiger charge is 2.41. The van der Waals surface area contributed by atoms with E-state index < -0.39 is 48.1 Å². The highest BCUT2D eigenvalue weighted by molar-refractivity contribution is 5.88. The van der Waals surface area contributed by atoms with E-state index in [9.17, 15) is 27.6 Å². The van der Waals surface area contributed by atoms with Crippen LogP contribution in [0.5, 0.6) is 0 Å². The number of aliphatic hydroxyl groups is 1. The Bertz CT molecular complexity index is 1180. The second-order valence-corrected chi connectivity index (χ2v) is 10.9. The number of carboxylic acid groups (broad SMARTS) is 3. The second-order valence-electron chi connectivity index (χ2n) is 10.9. The zero-order chi connectivity index (χ0) is 30.5. The number of nitrogens with zero attached hydrogens (tertiary/aromatic N) is 1. The molecule has 5 N–H and O–H groups in total. The highest BCUT2D eigenvalue weighted by atomic mass is 19.4. The molecule has 0 unspecified atom stereocenters. The van der Waals surface area contributed by atoms with Crippen LogP contribution in [0.3, 0.4) is 0 Å². The van der Waals surface area contributed by atoms with Gasteiger partial charge < -0.3 is 30.3 Å². The molecule has 1 fully saturated rings. The second kappa shape index (κ2) is 13.0. The minimum Gasteiger partial charge on any atom is -0.481 e. The van der Waals surface area contributed by atoms with E-state index in [1.54, 1.807) is 6.07 Å². The first-order valence-corrected chi connectivity index (χ1v) is 13.2. The fourth-order valence-corrected chi connectivity index (χ4v) is 5.52. The Balaban J connectivity index is 0.000000366. The van der Waals surface area contributed by atoms with Gasteiger partial charge in [-0.05, 0) is 82.8 Å². The monoisotopic (exact) mass is 572 g/mol. The number of aliphatic carboxylic acids is 3. The van der Waals surface area contributed by atoms with Crippen molar-refractivity contribution in [2.45, 2.75) is 94.9 Å². The fourth-order valence-electron chi connectivity index (χ4n) is 5.52. The molecule has 1 aliphatic rings. The number of aromatic nitrogens is 1. The smallest absolute Gasteiger partial charge is 0.416 e. The Morgan fingerprint density at radius 1 is 1.05 bits per heavy atom. The van der Waals surface area contributed by atoms with Crippen molar-refractivity contribution in [1.29, 1.82) is 0 Å². The van der Waals surface area contributed by atoms with Crippen LogP contribution < -0.4 is 0 Å². The van der Waals surface area contributed by atoms with E-state index in [-0.39, 0.29) is 5.54 Å². The Kier molecular flexibility index (Phi) is 10.8. The van der Waals surface area contributed by atoms with Crippen LogP contribution in [0.25, 0.3) is 10.9 Å². The molecule has 0 spiro atoms. The molecule has 1 saturated carbocycles. The molecule has 0 atom stereocenters. The van der Waals surface area contributed by atoms with Crippen LogP contribution >= 0.6 is 0 Å². The summed E-state index contributed by atoms with van der Waals surface area (Å²) in [6, 6.07) is 4.03. The third-order valence-electron chi connectivity index (χ3n) is 7.98. The minimum atomic E-state index is -4.30. The first-order valence-electron chi connectivity index (χ1n) is 13.2. The molecule has 0 aliphatic heterocycles. The maximum absolute atomic E-state index is 13.1. The van der Waals surface area contributed by atoms with Crippen molar-refractivity contribution in [3.05, 3.63) is 35.0 Å². The number of hydrogen-bond donors (Lipinski definition) is 5. The predicted octanol–water partition coefficient (Wildman–Crippen LogP) is 5.39. The predicted molar refractivity (Wildman–Crippen MR) is 142 cm³/mol. The Morgan fingerprint density at radius 3 is 2.02 bits per heavy atom. The van der Waals surface area contributed by atoms with Crippen LogP contribution in [0.15, 0.2) is 18.2 Å². The summed E-state index contributed by atoms with van der Waals surface area (Å²) >= 11 is 0. The molecule has 1 aromatic carbocycles. The standard InChI is InChI=1S/C22H31F3N2.C6H8O7/c1-5-6-11-21(27(3)4)12-9-16(10-13-21)20-15(2)18-14-17(22(23,24)25)7-8-19(18)26-20;7-3(8)1-6(13,5(11)12)2-4(9)10/h7-8,14,16,26H,5-6,9-13H2,1-4H3;13H,1-2H2,(H,7,8)(H,9,10)(H,11,12). The largest absolute Gasteiger partial charge is 0.481 e. The molecule has 0 saturated heterocycles. The molecule has 224 valence electrons. The molecule has 1 aliphatic carbocycles.